The molecule has 0 spiro atoms. The standard InChI is InChI=1S/C17H14F2N2O2/c1-8-4-13(22)16-14(5-8)23-17(21)11(7-20)15(16)10-3-2-9(18)6-12(10)19/h2-3,6,8,15H,4-5,21H2,1H3/t8-,15-/m0/s1. The lowest BCUT2D eigenvalue weighted by atomic mass is 9.75. The Balaban J connectivity index is 2.22. The first kappa shape index (κ1) is 15.2. The van der Waals surface area contributed by atoms with Crippen molar-refractivity contribution in [3.63, 3.8) is 0 Å². The van der Waals surface area contributed by atoms with Crippen LogP contribution in [0.2, 0.25) is 0 Å². The number of halogens is 2. The Morgan fingerprint density at radius 1 is 1.35 bits per heavy atom. The van der Waals surface area contributed by atoms with Crippen molar-refractivity contribution in [2.45, 2.75) is 25.7 Å². The van der Waals surface area contributed by atoms with Gasteiger partial charge in [0.05, 0.1) is 5.92 Å². The van der Waals surface area contributed by atoms with Crippen molar-refractivity contribution in [1.82, 2.24) is 0 Å². The van der Waals surface area contributed by atoms with Crippen LogP contribution >= 0.6 is 0 Å². The van der Waals surface area contributed by atoms with E-state index in [1.54, 1.807) is 0 Å². The molecule has 0 radical (unpaired) electrons. The molecular formula is C17H14F2N2O2. The van der Waals surface area contributed by atoms with Gasteiger partial charge in [0.1, 0.15) is 29.0 Å². The molecule has 2 atom stereocenters. The van der Waals surface area contributed by atoms with Gasteiger partial charge in [-0.05, 0) is 12.0 Å². The zero-order valence-corrected chi connectivity index (χ0v) is 12.4. The minimum Gasteiger partial charge on any atom is -0.444 e. The van der Waals surface area contributed by atoms with E-state index in [1.807, 2.05) is 13.0 Å². The molecular weight excluding hydrogens is 302 g/mol. The number of ketones is 1. The van der Waals surface area contributed by atoms with E-state index in [4.69, 9.17) is 10.5 Å². The number of carbonyl (C=O) groups is 1. The van der Waals surface area contributed by atoms with E-state index in [0.29, 0.717) is 18.6 Å². The molecule has 1 heterocycles. The van der Waals surface area contributed by atoms with Crippen molar-refractivity contribution in [3.05, 3.63) is 58.2 Å². The minimum atomic E-state index is -0.954. The van der Waals surface area contributed by atoms with Gasteiger partial charge in [-0.2, -0.15) is 5.26 Å². The van der Waals surface area contributed by atoms with Gasteiger partial charge in [0.2, 0.25) is 5.88 Å². The summed E-state index contributed by atoms with van der Waals surface area (Å²) in [6.45, 7) is 1.90. The van der Waals surface area contributed by atoms with Crippen LogP contribution in [0, 0.1) is 28.9 Å². The highest BCUT2D eigenvalue weighted by molar-refractivity contribution is 5.99. The summed E-state index contributed by atoms with van der Waals surface area (Å²) in [6, 6.07) is 4.95. The van der Waals surface area contributed by atoms with Crippen molar-refractivity contribution < 1.29 is 18.3 Å². The van der Waals surface area contributed by atoms with Gasteiger partial charge < -0.3 is 10.5 Å². The molecule has 2 aliphatic rings. The third-order valence-corrected chi connectivity index (χ3v) is 4.14. The molecule has 0 amide bonds. The van der Waals surface area contributed by atoms with Crippen molar-refractivity contribution >= 4 is 5.78 Å². The molecule has 1 aliphatic heterocycles. The molecule has 23 heavy (non-hydrogen) atoms. The number of nitrogens with zero attached hydrogens (tertiary/aromatic N) is 1. The number of rotatable bonds is 1. The van der Waals surface area contributed by atoms with Crippen LogP contribution in [0.15, 0.2) is 41.0 Å². The summed E-state index contributed by atoms with van der Waals surface area (Å²) in [7, 11) is 0. The van der Waals surface area contributed by atoms with E-state index in [2.05, 4.69) is 0 Å². The van der Waals surface area contributed by atoms with Gasteiger partial charge in [-0.25, -0.2) is 8.78 Å². The smallest absolute Gasteiger partial charge is 0.205 e. The molecule has 0 aromatic heterocycles. The maximum absolute atomic E-state index is 14.2. The van der Waals surface area contributed by atoms with Crippen LogP contribution in [-0.2, 0) is 9.53 Å². The fourth-order valence-corrected chi connectivity index (χ4v) is 3.14. The van der Waals surface area contributed by atoms with Crippen molar-refractivity contribution in [2.75, 3.05) is 0 Å². The zero-order valence-electron chi connectivity index (χ0n) is 12.4. The minimum absolute atomic E-state index is 0.0304. The van der Waals surface area contributed by atoms with E-state index in [1.165, 1.54) is 6.07 Å². The molecule has 0 fully saturated rings. The van der Waals surface area contributed by atoms with Gasteiger partial charge in [-0.1, -0.05) is 13.0 Å². The summed E-state index contributed by atoms with van der Waals surface area (Å²) in [5.41, 5.74) is 6.05. The lowest BCUT2D eigenvalue weighted by Gasteiger charge is -2.33. The Kier molecular flexibility index (Phi) is 3.64. The first-order valence-corrected chi connectivity index (χ1v) is 7.21. The molecule has 1 aromatic carbocycles. The van der Waals surface area contributed by atoms with Gasteiger partial charge in [-0.15, -0.1) is 0 Å². The molecule has 1 aliphatic carbocycles. The number of benzene rings is 1. The quantitative estimate of drug-likeness (QED) is 0.864. The van der Waals surface area contributed by atoms with Crippen LogP contribution in [0.3, 0.4) is 0 Å². The summed E-state index contributed by atoms with van der Waals surface area (Å²) in [6.07, 6.45) is 0.778. The monoisotopic (exact) mass is 316 g/mol. The van der Waals surface area contributed by atoms with E-state index >= 15 is 0 Å². The van der Waals surface area contributed by atoms with E-state index in [-0.39, 0.29) is 34.3 Å². The molecule has 3 rings (SSSR count). The highest BCUT2D eigenvalue weighted by Crippen LogP contribution is 2.45. The Bertz CT molecular complexity index is 805. The summed E-state index contributed by atoms with van der Waals surface area (Å²) in [5, 5.41) is 9.37. The molecule has 4 nitrogen and oxygen atoms in total. The second-order valence-corrected chi connectivity index (χ2v) is 5.86. The predicted molar refractivity (Wildman–Crippen MR) is 77.4 cm³/mol. The average molecular weight is 316 g/mol. The molecule has 2 N–H and O–H groups in total. The zero-order chi connectivity index (χ0) is 16.7. The van der Waals surface area contributed by atoms with Crippen LogP contribution in [0.1, 0.15) is 31.2 Å². The molecule has 0 saturated heterocycles. The van der Waals surface area contributed by atoms with Gasteiger partial charge >= 0.3 is 0 Å². The number of carbonyl (C=O) groups excluding carboxylic acids is 1. The number of allylic oxidation sites excluding steroid dienone is 3. The number of ether oxygens (including phenoxy) is 1. The van der Waals surface area contributed by atoms with Crippen LogP contribution in [0.5, 0.6) is 0 Å². The lowest BCUT2D eigenvalue weighted by Crippen LogP contribution is -2.30. The second kappa shape index (κ2) is 5.51. The number of nitriles is 1. The number of hydrogen-bond acceptors (Lipinski definition) is 4. The van der Waals surface area contributed by atoms with E-state index in [0.717, 1.165) is 12.1 Å². The lowest BCUT2D eigenvalue weighted by molar-refractivity contribution is -0.117. The molecule has 0 saturated carbocycles. The molecule has 1 aromatic rings. The summed E-state index contributed by atoms with van der Waals surface area (Å²) in [5.74, 6) is -2.39. The number of nitrogens with two attached hydrogens (primary N) is 1. The summed E-state index contributed by atoms with van der Waals surface area (Å²) < 4.78 is 32.9. The first-order chi connectivity index (χ1) is 10.9. The largest absolute Gasteiger partial charge is 0.444 e. The van der Waals surface area contributed by atoms with Crippen molar-refractivity contribution in [2.24, 2.45) is 11.7 Å². The van der Waals surface area contributed by atoms with Crippen LogP contribution in [0.4, 0.5) is 8.78 Å². The molecule has 118 valence electrons. The predicted octanol–water partition coefficient (Wildman–Crippen LogP) is 3.03. The number of Topliss-reactive ketones (excluding diaryl/α,β-unsaturated/α-hetero) is 1. The Morgan fingerprint density at radius 2 is 2.09 bits per heavy atom. The van der Waals surface area contributed by atoms with Crippen molar-refractivity contribution in [3.8, 4) is 6.07 Å². The molecule has 6 heteroatoms. The second-order valence-electron chi connectivity index (χ2n) is 5.86. The Morgan fingerprint density at radius 3 is 2.74 bits per heavy atom. The molecule has 0 unspecified atom stereocenters. The van der Waals surface area contributed by atoms with Crippen LogP contribution in [0.25, 0.3) is 0 Å². The topological polar surface area (TPSA) is 76.1 Å². The normalized spacial score (nSPS) is 24.2. The van der Waals surface area contributed by atoms with Gasteiger partial charge in [-0.3, -0.25) is 4.79 Å². The number of hydrogen-bond donors (Lipinski definition) is 1. The molecule has 0 bridgehead atoms. The highest BCUT2D eigenvalue weighted by Gasteiger charge is 2.40. The Labute approximate surface area is 131 Å². The van der Waals surface area contributed by atoms with E-state index < -0.39 is 17.6 Å². The first-order valence-electron chi connectivity index (χ1n) is 7.21. The SMILES string of the molecule is C[C@H]1CC(=O)C2=C(C1)OC(N)=C(C#N)[C@@H]2c1ccc(F)cc1F. The van der Waals surface area contributed by atoms with Crippen LogP contribution < -0.4 is 5.73 Å². The van der Waals surface area contributed by atoms with Gasteiger partial charge in [0.15, 0.2) is 5.78 Å². The maximum atomic E-state index is 14.2. The third-order valence-electron chi connectivity index (χ3n) is 4.14. The van der Waals surface area contributed by atoms with Gasteiger partial charge in [0, 0.05) is 30.0 Å². The van der Waals surface area contributed by atoms with Gasteiger partial charge in [0.25, 0.3) is 0 Å². The maximum Gasteiger partial charge on any atom is 0.205 e. The third kappa shape index (κ3) is 2.48. The Hall–Kier alpha value is -2.68. The summed E-state index contributed by atoms with van der Waals surface area (Å²) >= 11 is 0. The fraction of sp³-hybridized carbons (Fsp3) is 0.294. The van der Waals surface area contributed by atoms with Crippen molar-refractivity contribution in [1.29, 1.82) is 5.26 Å². The average Bonchev–Trinajstić information content (AvgIpc) is 2.45. The van der Waals surface area contributed by atoms with Crippen LogP contribution in [-0.4, -0.2) is 5.78 Å². The van der Waals surface area contributed by atoms with E-state index in [9.17, 15) is 18.8 Å². The summed E-state index contributed by atoms with van der Waals surface area (Å²) in [4.78, 5) is 12.5. The highest BCUT2D eigenvalue weighted by atomic mass is 19.1. The fourth-order valence-electron chi connectivity index (χ4n) is 3.14.